The first kappa shape index (κ1) is 31.2. The third-order valence-corrected chi connectivity index (χ3v) is 8.71. The molecule has 5 rings (SSSR count). The molecular weight excluding hydrogens is 745 g/mol. The van der Waals surface area contributed by atoms with Crippen molar-refractivity contribution in [3.05, 3.63) is 113 Å². The van der Waals surface area contributed by atoms with Crippen molar-refractivity contribution < 1.29 is 23.8 Å². The number of thioether (sulfide) groups is 1. The maximum Gasteiger partial charge on any atom is 0.267 e. The molecule has 0 saturated carbocycles. The van der Waals surface area contributed by atoms with Crippen LogP contribution in [0.1, 0.15) is 22.5 Å². The van der Waals surface area contributed by atoms with Crippen molar-refractivity contribution in [2.75, 3.05) is 7.11 Å². The number of halogens is 4. The molecule has 8 nitrogen and oxygen atoms in total. The van der Waals surface area contributed by atoms with E-state index < -0.39 is 0 Å². The van der Waals surface area contributed by atoms with Gasteiger partial charge in [0.25, 0.3) is 5.91 Å². The number of carbonyl (C=O) groups excluding carboxylic acids is 1. The molecule has 1 aromatic heterocycles. The van der Waals surface area contributed by atoms with E-state index in [0.29, 0.717) is 47.4 Å². The summed E-state index contributed by atoms with van der Waals surface area (Å²) in [6.07, 6.45) is 4.70. The minimum atomic E-state index is -0.264. The highest BCUT2D eigenvalue weighted by atomic mass is 79.9. The van der Waals surface area contributed by atoms with Crippen LogP contribution in [0.4, 0.5) is 0 Å². The average molecular weight is 766 g/mol. The van der Waals surface area contributed by atoms with Crippen LogP contribution in [-0.4, -0.2) is 34.4 Å². The second kappa shape index (κ2) is 14.0. The minimum absolute atomic E-state index is 0.0213. The largest absolute Gasteiger partial charge is 0.506 e. The predicted molar refractivity (Wildman–Crippen MR) is 177 cm³/mol. The molecule has 1 N–H and O–H groups in total. The monoisotopic (exact) mass is 763 g/mol. The fraction of sp³-hybridized carbons (Fsp3) is 0.100. The quantitative estimate of drug-likeness (QED) is 0.104. The number of ether oxygens (including phenoxy) is 2. The molecule has 43 heavy (non-hydrogen) atoms. The maximum atomic E-state index is 13.5. The number of nitrogens with zero attached hydrogens (tertiary/aromatic N) is 3. The highest BCUT2D eigenvalue weighted by Crippen LogP contribution is 2.36. The smallest absolute Gasteiger partial charge is 0.267 e. The van der Waals surface area contributed by atoms with Gasteiger partial charge in [0.2, 0.25) is 0 Å². The van der Waals surface area contributed by atoms with Crippen LogP contribution < -0.4 is 9.47 Å². The molecule has 1 fully saturated rings. The first-order valence-corrected chi connectivity index (χ1v) is 15.6. The third-order valence-electron chi connectivity index (χ3n) is 6.06. The second-order valence-electron chi connectivity index (χ2n) is 8.97. The summed E-state index contributed by atoms with van der Waals surface area (Å²) in [6, 6.07) is 17.5. The van der Waals surface area contributed by atoms with Gasteiger partial charge in [0.05, 0.1) is 35.5 Å². The van der Waals surface area contributed by atoms with Gasteiger partial charge in [-0.3, -0.25) is 9.69 Å². The molecule has 0 unspecified atom stereocenters. The summed E-state index contributed by atoms with van der Waals surface area (Å²) < 4.78 is 18.2. The number of carbonyl (C=O) groups is 1. The van der Waals surface area contributed by atoms with Crippen molar-refractivity contribution in [3.8, 4) is 17.2 Å². The Morgan fingerprint density at radius 3 is 2.67 bits per heavy atom. The summed E-state index contributed by atoms with van der Waals surface area (Å²) in [6.45, 7) is 0.388. The Bertz CT molecular complexity index is 1760. The van der Waals surface area contributed by atoms with E-state index in [1.807, 2.05) is 6.07 Å². The minimum Gasteiger partial charge on any atom is -0.506 e. The number of rotatable bonds is 9. The standard InChI is InChI=1S/C30H21Br2Cl2N3O5S/c1-40-26-9-17(4-7-25(26)42-16-18-5-6-21(33)13-24(18)34)10-27-29(39)37(15-22-3-2-8-41-22)30(43-27)36-35-14-19-11-20(31)12-23(32)28(19)38/h2-14,38H,15-16H2,1H3/b27-10-,35-14+,36-30-. The topological polar surface area (TPSA) is 96.9 Å². The Kier molecular flexibility index (Phi) is 10.2. The van der Waals surface area contributed by atoms with E-state index in [1.54, 1.807) is 74.0 Å². The van der Waals surface area contributed by atoms with E-state index in [-0.39, 0.29) is 24.8 Å². The van der Waals surface area contributed by atoms with E-state index in [0.717, 1.165) is 15.6 Å². The van der Waals surface area contributed by atoms with Gasteiger partial charge in [-0.1, -0.05) is 51.3 Å². The zero-order chi connectivity index (χ0) is 30.5. The summed E-state index contributed by atoms with van der Waals surface area (Å²) >= 11 is 20.1. The van der Waals surface area contributed by atoms with Gasteiger partial charge in [-0.15, -0.1) is 5.10 Å². The van der Waals surface area contributed by atoms with E-state index in [2.05, 4.69) is 42.1 Å². The molecule has 13 heteroatoms. The van der Waals surface area contributed by atoms with Crippen LogP contribution in [0.25, 0.3) is 6.08 Å². The Morgan fingerprint density at radius 2 is 1.93 bits per heavy atom. The van der Waals surface area contributed by atoms with Crippen LogP contribution in [-0.2, 0) is 17.9 Å². The molecular formula is C30H21Br2Cl2N3O5S. The molecule has 0 radical (unpaired) electrons. The highest BCUT2D eigenvalue weighted by Gasteiger charge is 2.34. The van der Waals surface area contributed by atoms with Gasteiger partial charge < -0.3 is 19.0 Å². The average Bonchev–Trinajstić information content (AvgIpc) is 3.60. The highest BCUT2D eigenvalue weighted by molar-refractivity contribution is 9.11. The molecule has 0 atom stereocenters. The number of amidine groups is 1. The van der Waals surface area contributed by atoms with Gasteiger partial charge in [-0.2, -0.15) is 5.10 Å². The molecule has 0 bridgehead atoms. The number of aromatic hydroxyl groups is 1. The number of phenolic OH excluding ortho intramolecular Hbond substituents is 1. The predicted octanol–water partition coefficient (Wildman–Crippen LogP) is 8.91. The summed E-state index contributed by atoms with van der Waals surface area (Å²) in [5.41, 5.74) is 1.94. The van der Waals surface area contributed by atoms with Gasteiger partial charge in [-0.05, 0) is 87.9 Å². The number of amides is 1. The lowest BCUT2D eigenvalue weighted by Crippen LogP contribution is -2.28. The molecule has 4 aromatic rings. The van der Waals surface area contributed by atoms with Crippen molar-refractivity contribution in [1.29, 1.82) is 0 Å². The Labute approximate surface area is 278 Å². The van der Waals surface area contributed by atoms with E-state index in [9.17, 15) is 9.90 Å². The van der Waals surface area contributed by atoms with Crippen molar-refractivity contribution >= 4 is 90.2 Å². The number of methoxy groups -OCH3 is 1. The number of furan rings is 1. The zero-order valence-corrected chi connectivity index (χ0v) is 27.8. The Balaban J connectivity index is 1.39. The molecule has 0 spiro atoms. The molecule has 220 valence electrons. The van der Waals surface area contributed by atoms with Gasteiger partial charge in [0, 0.05) is 25.6 Å². The summed E-state index contributed by atoms with van der Waals surface area (Å²) in [4.78, 5) is 15.4. The van der Waals surface area contributed by atoms with Crippen LogP contribution in [0.2, 0.25) is 10.0 Å². The van der Waals surface area contributed by atoms with Crippen LogP contribution in [0.3, 0.4) is 0 Å². The lowest BCUT2D eigenvalue weighted by molar-refractivity contribution is -0.122. The Morgan fingerprint density at radius 1 is 1.09 bits per heavy atom. The van der Waals surface area contributed by atoms with Gasteiger partial charge in [0.15, 0.2) is 16.7 Å². The summed E-state index contributed by atoms with van der Waals surface area (Å²) in [5.74, 6) is 1.35. The van der Waals surface area contributed by atoms with Crippen LogP contribution in [0.5, 0.6) is 17.2 Å². The number of benzene rings is 3. The summed E-state index contributed by atoms with van der Waals surface area (Å²) in [7, 11) is 1.54. The number of hydrogen-bond donors (Lipinski definition) is 1. The van der Waals surface area contributed by atoms with Gasteiger partial charge in [0.1, 0.15) is 18.1 Å². The molecule has 1 amide bonds. The van der Waals surface area contributed by atoms with Crippen molar-refractivity contribution in [3.63, 3.8) is 0 Å². The maximum absolute atomic E-state index is 13.5. The van der Waals surface area contributed by atoms with Gasteiger partial charge >= 0.3 is 0 Å². The van der Waals surface area contributed by atoms with E-state index in [1.165, 1.54) is 22.9 Å². The lowest BCUT2D eigenvalue weighted by Gasteiger charge is -2.13. The fourth-order valence-corrected chi connectivity index (χ4v) is 6.60. The molecule has 2 heterocycles. The van der Waals surface area contributed by atoms with E-state index >= 15 is 0 Å². The molecule has 0 aliphatic carbocycles. The lowest BCUT2D eigenvalue weighted by atomic mass is 10.1. The molecule has 1 saturated heterocycles. The number of hydrogen-bond acceptors (Lipinski definition) is 8. The summed E-state index contributed by atoms with van der Waals surface area (Å²) in [5, 5.41) is 20.2. The second-order valence-corrected chi connectivity index (χ2v) is 12.6. The van der Waals surface area contributed by atoms with Crippen LogP contribution in [0, 0.1) is 0 Å². The fourth-order valence-electron chi connectivity index (χ4n) is 3.94. The Hall–Kier alpha value is -3.22. The van der Waals surface area contributed by atoms with Crippen LogP contribution in [0.15, 0.2) is 95.4 Å². The SMILES string of the molecule is COc1cc(/C=C2\S/C(=N\N=C\c3cc(Br)cc(Br)c3O)N(Cc3ccco3)C2=O)ccc1OCc1ccc(Cl)cc1Cl. The van der Waals surface area contributed by atoms with Crippen molar-refractivity contribution in [2.24, 2.45) is 10.2 Å². The van der Waals surface area contributed by atoms with Crippen molar-refractivity contribution in [2.45, 2.75) is 13.2 Å². The molecule has 1 aliphatic rings. The zero-order valence-electron chi connectivity index (χ0n) is 22.3. The van der Waals surface area contributed by atoms with Crippen LogP contribution >= 0.6 is 66.8 Å². The third kappa shape index (κ3) is 7.66. The van der Waals surface area contributed by atoms with Crippen molar-refractivity contribution in [1.82, 2.24) is 4.90 Å². The molecule has 3 aromatic carbocycles. The van der Waals surface area contributed by atoms with Gasteiger partial charge in [-0.25, -0.2) is 0 Å². The van der Waals surface area contributed by atoms with E-state index in [4.69, 9.17) is 37.1 Å². The first-order chi connectivity index (χ1) is 20.7. The normalized spacial score (nSPS) is 15.3. The number of phenols is 1. The molecule has 1 aliphatic heterocycles. The first-order valence-electron chi connectivity index (χ1n) is 12.5.